The summed E-state index contributed by atoms with van der Waals surface area (Å²) in [6.45, 7) is 4.47. The minimum Gasteiger partial charge on any atom is -0.480 e. The van der Waals surface area contributed by atoms with E-state index < -0.39 is 5.97 Å². The number of nitrogens with zero attached hydrogens (tertiary/aromatic N) is 2. The first-order chi connectivity index (χ1) is 11.1. The quantitative estimate of drug-likeness (QED) is 0.814. The average Bonchev–Trinajstić information content (AvgIpc) is 3.15. The molecule has 3 fully saturated rings. The van der Waals surface area contributed by atoms with Crippen LogP contribution in [0.2, 0.25) is 0 Å². The molecule has 3 atom stereocenters. The number of carbonyl (C=O) groups excluding carboxylic acids is 1. The summed E-state index contributed by atoms with van der Waals surface area (Å²) in [4.78, 5) is 27.6. The number of likely N-dealkylation sites (tertiary alicyclic amines) is 1. The number of likely N-dealkylation sites (N-methyl/N-ethyl adjacent to an activating group) is 1. The van der Waals surface area contributed by atoms with Gasteiger partial charge in [0.1, 0.15) is 0 Å². The number of rotatable bonds is 6. The second-order valence-electron chi connectivity index (χ2n) is 7.71. The first kappa shape index (κ1) is 16.7. The normalized spacial score (nSPS) is 31.0. The summed E-state index contributed by atoms with van der Waals surface area (Å²) >= 11 is 0. The second-order valence-corrected chi connectivity index (χ2v) is 7.71. The lowest BCUT2D eigenvalue weighted by Crippen LogP contribution is -2.48. The molecule has 0 aromatic carbocycles. The Balaban J connectivity index is 1.44. The van der Waals surface area contributed by atoms with Gasteiger partial charge in [0.25, 0.3) is 0 Å². The number of hydrogen-bond acceptors (Lipinski definition) is 3. The van der Waals surface area contributed by atoms with Crippen LogP contribution in [-0.4, -0.2) is 59.0 Å². The molecule has 1 amide bonds. The van der Waals surface area contributed by atoms with E-state index in [2.05, 4.69) is 0 Å². The van der Waals surface area contributed by atoms with E-state index >= 15 is 0 Å². The van der Waals surface area contributed by atoms with E-state index in [1.54, 1.807) is 0 Å². The van der Waals surface area contributed by atoms with Gasteiger partial charge in [0, 0.05) is 25.6 Å². The van der Waals surface area contributed by atoms with Crippen LogP contribution in [0, 0.1) is 17.8 Å². The van der Waals surface area contributed by atoms with Crippen LogP contribution in [0.3, 0.4) is 0 Å². The van der Waals surface area contributed by atoms with Crippen molar-refractivity contribution in [1.82, 2.24) is 9.80 Å². The van der Waals surface area contributed by atoms with E-state index in [0.29, 0.717) is 17.9 Å². The third-order valence-electron chi connectivity index (χ3n) is 6.40. The van der Waals surface area contributed by atoms with Crippen molar-refractivity contribution < 1.29 is 14.7 Å². The Morgan fingerprint density at radius 1 is 1.13 bits per heavy atom. The Labute approximate surface area is 139 Å². The van der Waals surface area contributed by atoms with Crippen LogP contribution in [0.4, 0.5) is 0 Å². The van der Waals surface area contributed by atoms with Crippen LogP contribution < -0.4 is 0 Å². The number of piperidine rings is 1. The summed E-state index contributed by atoms with van der Waals surface area (Å²) in [6, 6.07) is 0.308. The van der Waals surface area contributed by atoms with E-state index in [0.717, 1.165) is 50.7 Å². The molecule has 3 aliphatic rings. The number of carbonyl (C=O) groups is 2. The van der Waals surface area contributed by atoms with E-state index in [1.807, 2.05) is 16.7 Å². The van der Waals surface area contributed by atoms with Crippen molar-refractivity contribution in [2.75, 3.05) is 26.2 Å². The Morgan fingerprint density at radius 2 is 1.87 bits per heavy atom. The Kier molecular flexibility index (Phi) is 5.24. The molecule has 2 saturated carbocycles. The number of fused-ring (bicyclic) bond motifs is 2. The summed E-state index contributed by atoms with van der Waals surface area (Å²) in [5.41, 5.74) is 0. The van der Waals surface area contributed by atoms with Crippen LogP contribution in [0.25, 0.3) is 0 Å². The largest absolute Gasteiger partial charge is 0.480 e. The molecule has 1 aliphatic heterocycles. The molecule has 130 valence electrons. The maximum Gasteiger partial charge on any atom is 0.317 e. The molecule has 5 heteroatoms. The fourth-order valence-electron chi connectivity index (χ4n) is 5.13. The minimum absolute atomic E-state index is 0.111. The van der Waals surface area contributed by atoms with Crippen molar-refractivity contribution >= 4 is 11.9 Å². The number of amides is 1. The molecular weight excluding hydrogens is 292 g/mol. The topological polar surface area (TPSA) is 60.9 Å². The molecule has 23 heavy (non-hydrogen) atoms. The predicted molar refractivity (Wildman–Crippen MR) is 88.0 cm³/mol. The zero-order chi connectivity index (χ0) is 16.4. The number of aliphatic carboxylic acids is 1. The Hall–Kier alpha value is -1.10. The van der Waals surface area contributed by atoms with Gasteiger partial charge in [0.15, 0.2) is 0 Å². The molecule has 2 bridgehead atoms. The number of carboxylic acids is 1. The van der Waals surface area contributed by atoms with E-state index in [1.165, 1.54) is 25.7 Å². The van der Waals surface area contributed by atoms with Gasteiger partial charge in [-0.25, -0.2) is 0 Å². The van der Waals surface area contributed by atoms with Crippen molar-refractivity contribution in [2.24, 2.45) is 17.8 Å². The van der Waals surface area contributed by atoms with Crippen LogP contribution in [-0.2, 0) is 9.59 Å². The summed E-state index contributed by atoms with van der Waals surface area (Å²) in [7, 11) is 0. The van der Waals surface area contributed by atoms with Gasteiger partial charge in [-0.1, -0.05) is 13.3 Å². The van der Waals surface area contributed by atoms with Crippen LogP contribution in [0.15, 0.2) is 0 Å². The van der Waals surface area contributed by atoms with Crippen molar-refractivity contribution in [2.45, 2.75) is 57.9 Å². The maximum absolute atomic E-state index is 12.6. The van der Waals surface area contributed by atoms with E-state index in [-0.39, 0.29) is 6.54 Å². The van der Waals surface area contributed by atoms with Crippen LogP contribution in [0.5, 0.6) is 0 Å². The minimum atomic E-state index is -0.762. The number of hydrogen-bond donors (Lipinski definition) is 1. The summed E-state index contributed by atoms with van der Waals surface area (Å²) in [5.74, 6) is 1.92. The van der Waals surface area contributed by atoms with Crippen LogP contribution in [0.1, 0.15) is 51.9 Å². The summed E-state index contributed by atoms with van der Waals surface area (Å²) < 4.78 is 0. The molecule has 1 heterocycles. The van der Waals surface area contributed by atoms with Crippen LogP contribution >= 0.6 is 0 Å². The van der Waals surface area contributed by atoms with Crippen molar-refractivity contribution in [3.05, 3.63) is 0 Å². The molecule has 5 nitrogen and oxygen atoms in total. The molecule has 0 spiro atoms. The first-order valence-electron chi connectivity index (χ1n) is 9.30. The molecule has 1 saturated heterocycles. The number of carboxylic acid groups (broad SMARTS) is 1. The zero-order valence-corrected chi connectivity index (χ0v) is 14.2. The second kappa shape index (κ2) is 7.20. The molecule has 0 aromatic rings. The molecular formula is C18H30N2O3. The van der Waals surface area contributed by atoms with Gasteiger partial charge in [-0.15, -0.1) is 0 Å². The Morgan fingerprint density at radius 3 is 2.39 bits per heavy atom. The SMILES string of the molecule is CCN(CC(=O)O)C1CCN(C(=O)CC2CC3CCC2C3)CC1. The lowest BCUT2D eigenvalue weighted by atomic mass is 9.86. The smallest absolute Gasteiger partial charge is 0.317 e. The highest BCUT2D eigenvalue weighted by Crippen LogP contribution is 2.49. The molecule has 0 aromatic heterocycles. The average molecular weight is 322 g/mol. The molecule has 3 rings (SSSR count). The highest BCUT2D eigenvalue weighted by molar-refractivity contribution is 5.76. The molecule has 1 N–H and O–H groups in total. The maximum atomic E-state index is 12.6. The highest BCUT2D eigenvalue weighted by atomic mass is 16.4. The van der Waals surface area contributed by atoms with Gasteiger partial charge in [-0.3, -0.25) is 14.5 Å². The molecule has 3 unspecified atom stereocenters. The van der Waals surface area contributed by atoms with Crippen molar-refractivity contribution in [1.29, 1.82) is 0 Å². The van der Waals surface area contributed by atoms with Gasteiger partial charge >= 0.3 is 5.97 Å². The van der Waals surface area contributed by atoms with Crippen molar-refractivity contribution in [3.8, 4) is 0 Å². The van der Waals surface area contributed by atoms with Gasteiger partial charge in [0.05, 0.1) is 6.54 Å². The van der Waals surface area contributed by atoms with E-state index in [9.17, 15) is 9.59 Å². The van der Waals surface area contributed by atoms with Gasteiger partial charge in [-0.05, 0) is 56.4 Å². The molecule has 0 radical (unpaired) electrons. The summed E-state index contributed by atoms with van der Waals surface area (Å²) in [6.07, 6.45) is 7.92. The summed E-state index contributed by atoms with van der Waals surface area (Å²) in [5, 5.41) is 8.99. The highest BCUT2D eigenvalue weighted by Gasteiger charge is 2.41. The fourth-order valence-corrected chi connectivity index (χ4v) is 5.13. The first-order valence-corrected chi connectivity index (χ1v) is 9.30. The lowest BCUT2D eigenvalue weighted by Gasteiger charge is -2.38. The molecule has 2 aliphatic carbocycles. The monoisotopic (exact) mass is 322 g/mol. The zero-order valence-electron chi connectivity index (χ0n) is 14.2. The third-order valence-corrected chi connectivity index (χ3v) is 6.40. The Bertz CT molecular complexity index is 446. The van der Waals surface area contributed by atoms with Gasteiger partial charge < -0.3 is 10.0 Å². The fraction of sp³-hybridized carbons (Fsp3) is 0.889. The third kappa shape index (κ3) is 3.87. The van der Waals surface area contributed by atoms with E-state index in [4.69, 9.17) is 5.11 Å². The predicted octanol–water partition coefficient (Wildman–Crippen LogP) is 2.21. The van der Waals surface area contributed by atoms with Gasteiger partial charge in [-0.2, -0.15) is 0 Å². The van der Waals surface area contributed by atoms with Gasteiger partial charge in [0.2, 0.25) is 5.91 Å². The standard InChI is InChI=1S/C18H30N2O3/c1-2-19(12-18(22)23)16-5-7-20(8-6-16)17(21)11-15-10-13-3-4-14(15)9-13/h13-16H,2-12H2,1H3,(H,22,23). The lowest BCUT2D eigenvalue weighted by molar-refractivity contribution is -0.140. The van der Waals surface area contributed by atoms with Crippen molar-refractivity contribution in [3.63, 3.8) is 0 Å².